The van der Waals surface area contributed by atoms with E-state index in [0.29, 0.717) is 6.42 Å². The van der Waals surface area contributed by atoms with Crippen LogP contribution in [-0.2, 0) is 23.2 Å². The number of aromatic amines is 1. The number of likely N-dealkylation sites (N-methyl/N-ethyl adjacent to an activating group) is 1. The third-order valence-electron chi connectivity index (χ3n) is 6.08. The van der Waals surface area contributed by atoms with E-state index in [2.05, 4.69) is 21.8 Å². The standard InChI is InChI=1S/C20H26N4O2S/c1-3-24-7-4-16-19(22-13-21-16)20(24)5-8-23(9-6-20)18(26)11-15-10-17(14(2)25)27-12-15/h10,12-13H,3-9,11H2,1-2H3,(H,21,22). The van der Waals surface area contributed by atoms with Crippen molar-refractivity contribution in [3.63, 3.8) is 0 Å². The van der Waals surface area contributed by atoms with Gasteiger partial charge in [-0.3, -0.25) is 14.5 Å². The van der Waals surface area contributed by atoms with E-state index in [4.69, 9.17) is 0 Å². The number of fused-ring (bicyclic) bond motifs is 2. The molecule has 2 aliphatic rings. The number of aromatic nitrogens is 2. The summed E-state index contributed by atoms with van der Waals surface area (Å²) in [6.07, 6.45) is 5.05. The molecular formula is C20H26N4O2S. The minimum Gasteiger partial charge on any atom is -0.348 e. The average Bonchev–Trinajstić information content (AvgIpc) is 3.32. The molecule has 1 fully saturated rings. The zero-order valence-electron chi connectivity index (χ0n) is 16.0. The Balaban J connectivity index is 1.45. The van der Waals surface area contributed by atoms with Crippen LogP contribution >= 0.6 is 11.3 Å². The van der Waals surface area contributed by atoms with Gasteiger partial charge in [0.15, 0.2) is 5.78 Å². The van der Waals surface area contributed by atoms with Gasteiger partial charge in [-0.15, -0.1) is 11.3 Å². The van der Waals surface area contributed by atoms with Crippen LogP contribution < -0.4 is 0 Å². The van der Waals surface area contributed by atoms with E-state index in [-0.39, 0.29) is 17.2 Å². The molecule has 2 aromatic rings. The van der Waals surface area contributed by atoms with Crippen LogP contribution in [0.2, 0.25) is 0 Å². The summed E-state index contributed by atoms with van der Waals surface area (Å²) in [5.74, 6) is 0.212. The molecule has 144 valence electrons. The van der Waals surface area contributed by atoms with Crippen molar-refractivity contribution in [3.05, 3.63) is 39.6 Å². The molecule has 4 rings (SSSR count). The largest absolute Gasteiger partial charge is 0.348 e. The van der Waals surface area contributed by atoms with Crippen LogP contribution in [0, 0.1) is 0 Å². The van der Waals surface area contributed by atoms with Crippen LogP contribution in [0.3, 0.4) is 0 Å². The lowest BCUT2D eigenvalue weighted by molar-refractivity contribution is -0.133. The number of thiophene rings is 1. The summed E-state index contributed by atoms with van der Waals surface area (Å²) in [6.45, 7) is 7.33. The number of amides is 1. The SMILES string of the molecule is CCN1CCc2[nH]cnc2C12CCN(C(=O)Cc1csc(C(C)=O)c1)CC2. The number of likely N-dealkylation sites (tertiary alicyclic amines) is 1. The number of carbonyl (C=O) groups excluding carboxylic acids is 2. The molecule has 2 aromatic heterocycles. The summed E-state index contributed by atoms with van der Waals surface area (Å²) in [5, 5.41) is 1.93. The summed E-state index contributed by atoms with van der Waals surface area (Å²) in [7, 11) is 0. The highest BCUT2D eigenvalue weighted by atomic mass is 32.1. The van der Waals surface area contributed by atoms with Crippen LogP contribution in [0.25, 0.3) is 0 Å². The molecule has 0 saturated carbocycles. The number of carbonyl (C=O) groups is 2. The molecule has 7 heteroatoms. The van der Waals surface area contributed by atoms with Crippen LogP contribution in [0.15, 0.2) is 17.8 Å². The highest BCUT2D eigenvalue weighted by Crippen LogP contribution is 2.42. The number of Topliss-reactive ketones (excluding diaryl/α,β-unsaturated/α-hetero) is 1. The molecule has 0 unspecified atom stereocenters. The normalized spacial score (nSPS) is 19.3. The van der Waals surface area contributed by atoms with Crippen molar-refractivity contribution >= 4 is 23.0 Å². The van der Waals surface area contributed by atoms with Crippen molar-refractivity contribution in [2.45, 2.75) is 45.1 Å². The molecule has 6 nitrogen and oxygen atoms in total. The first-order valence-corrected chi connectivity index (χ1v) is 10.6. The van der Waals surface area contributed by atoms with Crippen molar-refractivity contribution in [1.29, 1.82) is 0 Å². The first-order chi connectivity index (χ1) is 13.0. The number of nitrogens with one attached hydrogen (secondary N) is 1. The van der Waals surface area contributed by atoms with Gasteiger partial charge in [0.2, 0.25) is 5.91 Å². The average molecular weight is 387 g/mol. The predicted octanol–water partition coefficient (Wildman–Crippen LogP) is 2.61. The van der Waals surface area contributed by atoms with E-state index < -0.39 is 0 Å². The van der Waals surface area contributed by atoms with Crippen molar-refractivity contribution in [2.24, 2.45) is 0 Å². The fraction of sp³-hybridized carbons (Fsp3) is 0.550. The van der Waals surface area contributed by atoms with E-state index in [1.54, 1.807) is 6.92 Å². The lowest BCUT2D eigenvalue weighted by atomic mass is 9.78. The van der Waals surface area contributed by atoms with Gasteiger partial charge in [-0.05, 0) is 43.3 Å². The third kappa shape index (κ3) is 3.23. The van der Waals surface area contributed by atoms with E-state index in [1.807, 2.05) is 22.7 Å². The number of nitrogens with zero attached hydrogens (tertiary/aromatic N) is 3. The van der Waals surface area contributed by atoms with E-state index in [0.717, 1.165) is 55.9 Å². The minimum absolute atomic E-state index is 0.0384. The Morgan fingerprint density at radius 1 is 1.30 bits per heavy atom. The maximum Gasteiger partial charge on any atom is 0.227 e. The van der Waals surface area contributed by atoms with Gasteiger partial charge in [-0.25, -0.2) is 4.98 Å². The van der Waals surface area contributed by atoms with Gasteiger partial charge in [0, 0.05) is 31.7 Å². The second kappa shape index (κ2) is 7.20. The van der Waals surface area contributed by atoms with Crippen LogP contribution in [-0.4, -0.2) is 57.6 Å². The Kier molecular flexibility index (Phi) is 4.90. The number of rotatable bonds is 4. The first kappa shape index (κ1) is 18.4. The Labute approximate surface area is 163 Å². The number of hydrogen-bond acceptors (Lipinski definition) is 5. The molecule has 27 heavy (non-hydrogen) atoms. The molecule has 0 aromatic carbocycles. The van der Waals surface area contributed by atoms with E-state index in [1.165, 1.54) is 22.7 Å². The number of piperidine rings is 1. The minimum atomic E-state index is -0.0384. The smallest absolute Gasteiger partial charge is 0.227 e. The van der Waals surface area contributed by atoms with E-state index in [9.17, 15) is 9.59 Å². The first-order valence-electron chi connectivity index (χ1n) is 9.67. The van der Waals surface area contributed by atoms with Gasteiger partial charge < -0.3 is 9.88 Å². The lowest BCUT2D eigenvalue weighted by Crippen LogP contribution is -2.57. The molecule has 1 saturated heterocycles. The second-order valence-electron chi connectivity index (χ2n) is 7.52. The van der Waals surface area contributed by atoms with Crippen molar-refractivity contribution in [3.8, 4) is 0 Å². The summed E-state index contributed by atoms with van der Waals surface area (Å²) in [6, 6.07) is 1.85. The predicted molar refractivity (Wildman–Crippen MR) is 105 cm³/mol. The molecule has 0 aliphatic carbocycles. The van der Waals surface area contributed by atoms with Gasteiger partial charge >= 0.3 is 0 Å². The van der Waals surface area contributed by atoms with Gasteiger partial charge in [0.25, 0.3) is 0 Å². The van der Waals surface area contributed by atoms with Gasteiger partial charge in [0.1, 0.15) is 0 Å². The van der Waals surface area contributed by atoms with Crippen LogP contribution in [0.1, 0.15) is 53.3 Å². The second-order valence-corrected chi connectivity index (χ2v) is 8.44. The molecule has 2 aliphatic heterocycles. The fourth-order valence-corrected chi connectivity index (χ4v) is 5.42. The zero-order chi connectivity index (χ0) is 19.0. The molecule has 1 N–H and O–H groups in total. The highest BCUT2D eigenvalue weighted by molar-refractivity contribution is 7.12. The summed E-state index contributed by atoms with van der Waals surface area (Å²) in [4.78, 5) is 37.4. The Morgan fingerprint density at radius 2 is 2.07 bits per heavy atom. The van der Waals surface area contributed by atoms with Crippen LogP contribution in [0.5, 0.6) is 0 Å². The molecule has 4 heterocycles. The molecule has 0 atom stereocenters. The Hall–Kier alpha value is -1.99. The maximum atomic E-state index is 12.8. The van der Waals surface area contributed by atoms with Crippen molar-refractivity contribution in [1.82, 2.24) is 19.8 Å². The van der Waals surface area contributed by atoms with Gasteiger partial charge in [-0.2, -0.15) is 0 Å². The fourth-order valence-electron chi connectivity index (χ4n) is 4.60. The van der Waals surface area contributed by atoms with Gasteiger partial charge in [0.05, 0.1) is 28.9 Å². The molecule has 1 spiro atoms. The monoisotopic (exact) mass is 386 g/mol. The quantitative estimate of drug-likeness (QED) is 0.820. The maximum absolute atomic E-state index is 12.8. The molecular weight excluding hydrogens is 360 g/mol. The van der Waals surface area contributed by atoms with Crippen LogP contribution in [0.4, 0.5) is 0 Å². The third-order valence-corrected chi connectivity index (χ3v) is 7.16. The molecule has 1 amide bonds. The summed E-state index contributed by atoms with van der Waals surface area (Å²) < 4.78 is 0. The zero-order valence-corrected chi connectivity index (χ0v) is 16.8. The number of hydrogen-bond donors (Lipinski definition) is 1. The Morgan fingerprint density at radius 3 is 2.74 bits per heavy atom. The summed E-state index contributed by atoms with van der Waals surface area (Å²) in [5.41, 5.74) is 3.35. The molecule has 0 bridgehead atoms. The lowest BCUT2D eigenvalue weighted by Gasteiger charge is -2.50. The molecule has 0 radical (unpaired) electrons. The Bertz CT molecular complexity index is 848. The number of imidazole rings is 1. The summed E-state index contributed by atoms with van der Waals surface area (Å²) >= 11 is 1.42. The van der Waals surface area contributed by atoms with Crippen molar-refractivity contribution < 1.29 is 9.59 Å². The van der Waals surface area contributed by atoms with E-state index >= 15 is 0 Å². The van der Waals surface area contributed by atoms with Gasteiger partial charge in [-0.1, -0.05) is 6.92 Å². The highest BCUT2D eigenvalue weighted by Gasteiger charge is 2.46. The number of H-pyrrole nitrogens is 1. The number of ketones is 1. The van der Waals surface area contributed by atoms with Crippen molar-refractivity contribution in [2.75, 3.05) is 26.2 Å². The topological polar surface area (TPSA) is 69.3 Å².